The summed E-state index contributed by atoms with van der Waals surface area (Å²) in [6.07, 6.45) is 8.99. The Balaban J connectivity index is 4.66. The second-order valence-corrected chi connectivity index (χ2v) is 7.91. The quantitative estimate of drug-likeness (QED) is 0.208. The Kier molecular flexibility index (Phi) is 14.7. The summed E-state index contributed by atoms with van der Waals surface area (Å²) in [5, 5.41) is 0. The Morgan fingerprint density at radius 2 is 1.54 bits per heavy atom. The molecular formula is C23H45N3. The minimum absolute atomic E-state index is 0.485. The topological polar surface area (TPSA) is 9.72 Å². The van der Waals surface area contributed by atoms with Gasteiger partial charge in [0.15, 0.2) is 0 Å². The molecule has 1 unspecified atom stereocenters. The van der Waals surface area contributed by atoms with Gasteiger partial charge in [0.1, 0.15) is 0 Å². The Bertz CT molecular complexity index is 400. The minimum atomic E-state index is 0.485. The summed E-state index contributed by atoms with van der Waals surface area (Å²) in [6, 6.07) is 0.485. The van der Waals surface area contributed by atoms with Crippen molar-refractivity contribution < 1.29 is 0 Å². The number of hydrogen-bond donors (Lipinski definition) is 0. The molecule has 3 nitrogen and oxygen atoms in total. The van der Waals surface area contributed by atoms with Crippen molar-refractivity contribution in [3.63, 3.8) is 0 Å². The lowest BCUT2D eigenvalue weighted by atomic mass is 9.99. The number of unbranched alkanes of at least 4 members (excludes halogenated alkanes) is 1. The lowest BCUT2D eigenvalue weighted by Gasteiger charge is -2.33. The van der Waals surface area contributed by atoms with Crippen LogP contribution < -0.4 is 0 Å². The molecular weight excluding hydrogens is 318 g/mol. The zero-order valence-corrected chi connectivity index (χ0v) is 18.4. The maximum atomic E-state index is 4.30. The van der Waals surface area contributed by atoms with Crippen LogP contribution in [0, 0.1) is 0 Å². The van der Waals surface area contributed by atoms with Crippen LogP contribution in [-0.4, -0.2) is 74.6 Å². The molecule has 0 N–H and O–H groups in total. The number of allylic oxidation sites excluding steroid dienone is 2. The third-order valence-electron chi connectivity index (χ3n) is 5.10. The molecule has 152 valence electrons. The first kappa shape index (κ1) is 25.1. The van der Waals surface area contributed by atoms with Crippen LogP contribution in [0.4, 0.5) is 0 Å². The monoisotopic (exact) mass is 363 g/mol. The van der Waals surface area contributed by atoms with Gasteiger partial charge in [-0.25, -0.2) is 0 Å². The Labute approximate surface area is 164 Å². The van der Waals surface area contributed by atoms with Gasteiger partial charge < -0.3 is 9.80 Å². The predicted octanol–water partition coefficient (Wildman–Crippen LogP) is 4.83. The van der Waals surface area contributed by atoms with E-state index in [-0.39, 0.29) is 0 Å². The lowest BCUT2D eigenvalue weighted by Crippen LogP contribution is -2.38. The Hall–Kier alpha value is -0.900. The van der Waals surface area contributed by atoms with Crippen LogP contribution in [0.1, 0.15) is 52.4 Å². The van der Waals surface area contributed by atoms with Gasteiger partial charge in [-0.2, -0.15) is 0 Å². The van der Waals surface area contributed by atoms with Gasteiger partial charge >= 0.3 is 0 Å². The standard InChI is InChI=1S/C23H45N3/c1-9-22(5)15-13-16-23(21(3)4)26(20-14-17-24(6)7)19-12-11-18-25(8)10-2/h9,23H,1,3,5,10-20H2,2,4,6-8H3. The highest BCUT2D eigenvalue weighted by Gasteiger charge is 2.18. The van der Waals surface area contributed by atoms with E-state index in [9.17, 15) is 0 Å². The van der Waals surface area contributed by atoms with Crippen molar-refractivity contribution in [3.8, 4) is 0 Å². The molecule has 0 saturated carbocycles. The van der Waals surface area contributed by atoms with E-state index in [4.69, 9.17) is 0 Å². The zero-order valence-electron chi connectivity index (χ0n) is 18.4. The van der Waals surface area contributed by atoms with E-state index in [1.165, 1.54) is 44.3 Å². The van der Waals surface area contributed by atoms with Gasteiger partial charge in [0.05, 0.1) is 0 Å². The maximum Gasteiger partial charge on any atom is 0.0302 e. The SMILES string of the molecule is C=CC(=C)CCCC(C(=C)C)N(CCCCN(C)CC)CCCN(C)C. The average Bonchev–Trinajstić information content (AvgIpc) is 2.59. The normalized spacial score (nSPS) is 12.8. The molecule has 0 saturated heterocycles. The van der Waals surface area contributed by atoms with Gasteiger partial charge in [0.25, 0.3) is 0 Å². The number of rotatable bonds is 17. The molecule has 0 amide bonds. The van der Waals surface area contributed by atoms with Crippen LogP contribution in [0.2, 0.25) is 0 Å². The van der Waals surface area contributed by atoms with E-state index in [0.717, 1.165) is 38.0 Å². The largest absolute Gasteiger partial charge is 0.309 e. The average molecular weight is 364 g/mol. The first-order valence-corrected chi connectivity index (χ1v) is 10.3. The van der Waals surface area contributed by atoms with Crippen LogP contribution >= 0.6 is 0 Å². The highest BCUT2D eigenvalue weighted by atomic mass is 15.2. The van der Waals surface area contributed by atoms with Gasteiger partial charge in [-0.15, -0.1) is 0 Å². The summed E-state index contributed by atoms with van der Waals surface area (Å²) >= 11 is 0. The third kappa shape index (κ3) is 12.5. The van der Waals surface area contributed by atoms with Gasteiger partial charge in [-0.1, -0.05) is 43.9 Å². The molecule has 26 heavy (non-hydrogen) atoms. The van der Waals surface area contributed by atoms with Crippen molar-refractivity contribution in [1.82, 2.24) is 14.7 Å². The maximum absolute atomic E-state index is 4.30. The van der Waals surface area contributed by atoms with E-state index < -0.39 is 0 Å². The van der Waals surface area contributed by atoms with E-state index in [2.05, 4.69) is 69.4 Å². The van der Waals surface area contributed by atoms with Gasteiger partial charge in [-0.3, -0.25) is 4.90 Å². The molecule has 0 fully saturated rings. The van der Waals surface area contributed by atoms with E-state index in [0.29, 0.717) is 6.04 Å². The summed E-state index contributed by atoms with van der Waals surface area (Å²) < 4.78 is 0. The summed E-state index contributed by atoms with van der Waals surface area (Å²) in [5.74, 6) is 0. The molecule has 0 aromatic heterocycles. The van der Waals surface area contributed by atoms with Gasteiger partial charge in [0.2, 0.25) is 0 Å². The van der Waals surface area contributed by atoms with E-state index in [1.807, 2.05) is 6.08 Å². The van der Waals surface area contributed by atoms with Crippen LogP contribution in [-0.2, 0) is 0 Å². The fourth-order valence-corrected chi connectivity index (χ4v) is 3.23. The van der Waals surface area contributed by atoms with Crippen LogP contribution in [0.5, 0.6) is 0 Å². The van der Waals surface area contributed by atoms with Crippen molar-refractivity contribution in [2.24, 2.45) is 0 Å². The molecule has 0 aromatic carbocycles. The van der Waals surface area contributed by atoms with Crippen molar-refractivity contribution in [2.75, 3.05) is 53.9 Å². The van der Waals surface area contributed by atoms with Crippen LogP contribution in [0.3, 0.4) is 0 Å². The van der Waals surface area contributed by atoms with E-state index in [1.54, 1.807) is 0 Å². The predicted molar refractivity (Wildman–Crippen MR) is 119 cm³/mol. The zero-order chi connectivity index (χ0) is 19.9. The summed E-state index contributed by atoms with van der Waals surface area (Å²) in [5.41, 5.74) is 2.44. The highest BCUT2D eigenvalue weighted by Crippen LogP contribution is 2.19. The fraction of sp³-hybridized carbons (Fsp3) is 0.739. The molecule has 1 atom stereocenters. The van der Waals surface area contributed by atoms with Gasteiger partial charge in [0, 0.05) is 6.04 Å². The minimum Gasteiger partial charge on any atom is -0.309 e. The molecule has 0 aromatic rings. The van der Waals surface area contributed by atoms with Crippen molar-refractivity contribution in [1.29, 1.82) is 0 Å². The van der Waals surface area contributed by atoms with E-state index >= 15 is 0 Å². The Morgan fingerprint density at radius 1 is 0.923 bits per heavy atom. The van der Waals surface area contributed by atoms with Crippen LogP contribution in [0.15, 0.2) is 37.0 Å². The molecule has 3 heteroatoms. The highest BCUT2D eigenvalue weighted by molar-refractivity contribution is 5.11. The smallest absolute Gasteiger partial charge is 0.0302 e. The summed E-state index contributed by atoms with van der Waals surface area (Å²) in [7, 11) is 6.52. The number of hydrogen-bond acceptors (Lipinski definition) is 3. The van der Waals surface area contributed by atoms with Crippen molar-refractivity contribution in [2.45, 2.75) is 58.4 Å². The molecule has 0 spiro atoms. The summed E-state index contributed by atoms with van der Waals surface area (Å²) in [6.45, 7) is 22.4. The number of nitrogens with zero attached hydrogens (tertiary/aromatic N) is 3. The molecule has 0 radical (unpaired) electrons. The third-order valence-corrected chi connectivity index (χ3v) is 5.10. The first-order valence-electron chi connectivity index (χ1n) is 10.3. The molecule has 0 aliphatic carbocycles. The van der Waals surface area contributed by atoms with Crippen molar-refractivity contribution in [3.05, 3.63) is 37.0 Å². The summed E-state index contributed by atoms with van der Waals surface area (Å²) in [4.78, 5) is 7.35. The molecule has 0 aliphatic rings. The first-order chi connectivity index (χ1) is 12.3. The molecule has 0 rings (SSSR count). The Morgan fingerprint density at radius 3 is 2.08 bits per heavy atom. The van der Waals surface area contributed by atoms with Crippen molar-refractivity contribution >= 4 is 0 Å². The fourth-order valence-electron chi connectivity index (χ4n) is 3.23. The van der Waals surface area contributed by atoms with Crippen LogP contribution in [0.25, 0.3) is 0 Å². The van der Waals surface area contributed by atoms with Gasteiger partial charge in [-0.05, 0) is 99.3 Å². The molecule has 0 bridgehead atoms. The second kappa shape index (κ2) is 15.2. The lowest BCUT2D eigenvalue weighted by molar-refractivity contribution is 0.192. The second-order valence-electron chi connectivity index (χ2n) is 7.91. The molecule has 0 heterocycles. The molecule has 0 aliphatic heterocycles.